The van der Waals surface area contributed by atoms with Crippen LogP contribution < -0.4 is 5.32 Å². The van der Waals surface area contributed by atoms with E-state index in [4.69, 9.17) is 9.97 Å². The largest absolute Gasteiger partial charge is 0.370 e. The van der Waals surface area contributed by atoms with Gasteiger partial charge in [0.1, 0.15) is 11.5 Å². The second-order valence-corrected chi connectivity index (χ2v) is 7.96. The SMILES string of the molecule is CC(=O)N1CCc2c(nc(-c3ccccn3)nc2NCCC(C)(C)C)C1. The normalized spacial score (nSPS) is 14.1. The molecular weight excluding hydrogens is 326 g/mol. The van der Waals surface area contributed by atoms with E-state index in [2.05, 4.69) is 31.1 Å². The zero-order chi connectivity index (χ0) is 18.7. The first-order valence-corrected chi connectivity index (χ1v) is 9.14. The molecule has 6 nitrogen and oxygen atoms in total. The number of hydrogen-bond acceptors (Lipinski definition) is 5. The summed E-state index contributed by atoms with van der Waals surface area (Å²) in [5.74, 6) is 1.56. The molecule has 0 radical (unpaired) electrons. The van der Waals surface area contributed by atoms with Crippen molar-refractivity contribution in [3.63, 3.8) is 0 Å². The lowest BCUT2D eigenvalue weighted by Crippen LogP contribution is -2.35. The Balaban J connectivity index is 1.94. The van der Waals surface area contributed by atoms with Crippen LogP contribution in [0, 0.1) is 5.41 Å². The molecule has 0 saturated carbocycles. The van der Waals surface area contributed by atoms with Gasteiger partial charge in [0.2, 0.25) is 5.91 Å². The molecule has 2 aromatic rings. The number of carbonyl (C=O) groups excluding carboxylic acids is 1. The Kier molecular flexibility index (Phi) is 5.20. The Hall–Kier alpha value is -2.50. The highest BCUT2D eigenvalue weighted by Crippen LogP contribution is 2.27. The van der Waals surface area contributed by atoms with Gasteiger partial charge in [-0.2, -0.15) is 0 Å². The molecule has 1 aliphatic rings. The number of nitrogens with one attached hydrogen (secondary N) is 1. The summed E-state index contributed by atoms with van der Waals surface area (Å²) < 4.78 is 0. The summed E-state index contributed by atoms with van der Waals surface area (Å²) in [4.78, 5) is 27.5. The van der Waals surface area contributed by atoms with Gasteiger partial charge in [0.15, 0.2) is 5.82 Å². The minimum absolute atomic E-state index is 0.0795. The number of nitrogens with zero attached hydrogens (tertiary/aromatic N) is 4. The van der Waals surface area contributed by atoms with Gasteiger partial charge in [0, 0.05) is 31.8 Å². The van der Waals surface area contributed by atoms with E-state index >= 15 is 0 Å². The minimum Gasteiger partial charge on any atom is -0.370 e. The van der Waals surface area contributed by atoms with Crippen molar-refractivity contribution in [2.45, 2.75) is 47.1 Å². The maximum Gasteiger partial charge on any atom is 0.219 e. The molecule has 26 heavy (non-hydrogen) atoms. The second-order valence-electron chi connectivity index (χ2n) is 7.96. The summed E-state index contributed by atoms with van der Waals surface area (Å²) in [7, 11) is 0. The second kappa shape index (κ2) is 7.40. The maximum atomic E-state index is 11.8. The number of aromatic nitrogens is 3. The third-order valence-corrected chi connectivity index (χ3v) is 4.57. The van der Waals surface area contributed by atoms with Crippen molar-refractivity contribution in [1.82, 2.24) is 19.9 Å². The lowest BCUT2D eigenvalue weighted by Gasteiger charge is -2.29. The van der Waals surface area contributed by atoms with Crippen LogP contribution in [0.3, 0.4) is 0 Å². The molecule has 6 heteroatoms. The van der Waals surface area contributed by atoms with Gasteiger partial charge in [-0.15, -0.1) is 0 Å². The fourth-order valence-corrected chi connectivity index (χ4v) is 3.01. The lowest BCUT2D eigenvalue weighted by atomic mass is 9.92. The van der Waals surface area contributed by atoms with E-state index in [-0.39, 0.29) is 11.3 Å². The topological polar surface area (TPSA) is 71.0 Å². The molecule has 0 fully saturated rings. The number of hydrogen-bond donors (Lipinski definition) is 1. The maximum absolute atomic E-state index is 11.8. The summed E-state index contributed by atoms with van der Waals surface area (Å²) in [5.41, 5.74) is 3.04. The molecule has 0 atom stereocenters. The zero-order valence-corrected chi connectivity index (χ0v) is 16.0. The number of carbonyl (C=O) groups is 1. The van der Waals surface area contributed by atoms with Crippen molar-refractivity contribution in [2.75, 3.05) is 18.4 Å². The van der Waals surface area contributed by atoms with Crippen molar-refractivity contribution in [1.29, 1.82) is 0 Å². The van der Waals surface area contributed by atoms with Crippen LogP contribution in [0.4, 0.5) is 5.82 Å². The summed E-state index contributed by atoms with van der Waals surface area (Å²) in [5, 5.41) is 3.50. The fraction of sp³-hybridized carbons (Fsp3) is 0.500. The van der Waals surface area contributed by atoms with Gasteiger partial charge in [-0.3, -0.25) is 9.78 Å². The quantitative estimate of drug-likeness (QED) is 0.913. The first-order valence-electron chi connectivity index (χ1n) is 9.14. The van der Waals surface area contributed by atoms with E-state index < -0.39 is 0 Å². The molecule has 0 aromatic carbocycles. The van der Waals surface area contributed by atoms with Gasteiger partial charge in [0.05, 0.1) is 12.2 Å². The Morgan fingerprint density at radius 2 is 2.08 bits per heavy atom. The predicted molar refractivity (Wildman–Crippen MR) is 103 cm³/mol. The highest BCUT2D eigenvalue weighted by atomic mass is 16.2. The van der Waals surface area contributed by atoms with Crippen LogP contribution in [-0.2, 0) is 17.8 Å². The molecule has 0 bridgehead atoms. The van der Waals surface area contributed by atoms with Crippen LogP contribution in [0.15, 0.2) is 24.4 Å². The van der Waals surface area contributed by atoms with E-state index in [9.17, 15) is 4.79 Å². The average Bonchev–Trinajstić information content (AvgIpc) is 2.60. The van der Waals surface area contributed by atoms with Gasteiger partial charge in [-0.1, -0.05) is 26.8 Å². The Morgan fingerprint density at radius 1 is 1.27 bits per heavy atom. The van der Waals surface area contributed by atoms with Crippen molar-refractivity contribution >= 4 is 11.7 Å². The number of amides is 1. The Labute approximate surface area is 155 Å². The summed E-state index contributed by atoms with van der Waals surface area (Å²) >= 11 is 0. The van der Waals surface area contributed by atoms with Crippen molar-refractivity contribution < 1.29 is 4.79 Å². The van der Waals surface area contributed by atoms with Crippen molar-refractivity contribution in [3.05, 3.63) is 35.7 Å². The molecule has 3 rings (SSSR count). The van der Waals surface area contributed by atoms with Crippen molar-refractivity contribution in [2.24, 2.45) is 5.41 Å². The smallest absolute Gasteiger partial charge is 0.219 e. The number of pyridine rings is 1. The molecular formula is C20H27N5O. The van der Waals surface area contributed by atoms with Gasteiger partial charge in [-0.25, -0.2) is 9.97 Å². The molecule has 1 N–H and O–H groups in total. The van der Waals surface area contributed by atoms with E-state index in [1.807, 2.05) is 23.1 Å². The summed E-state index contributed by atoms with van der Waals surface area (Å²) in [6.07, 6.45) is 3.56. The monoisotopic (exact) mass is 353 g/mol. The fourth-order valence-electron chi connectivity index (χ4n) is 3.01. The van der Waals surface area contributed by atoms with Gasteiger partial charge < -0.3 is 10.2 Å². The first-order chi connectivity index (χ1) is 12.3. The van der Waals surface area contributed by atoms with Crippen LogP contribution in [0.1, 0.15) is 45.4 Å². The molecule has 1 aliphatic heterocycles. The molecule has 1 amide bonds. The van der Waals surface area contributed by atoms with Crippen LogP contribution in [-0.4, -0.2) is 38.8 Å². The van der Waals surface area contributed by atoms with E-state index in [0.717, 1.165) is 42.2 Å². The Morgan fingerprint density at radius 3 is 2.73 bits per heavy atom. The number of rotatable bonds is 4. The summed E-state index contributed by atoms with van der Waals surface area (Å²) in [6.45, 7) is 10.4. The van der Waals surface area contributed by atoms with Gasteiger partial charge in [0.25, 0.3) is 0 Å². The lowest BCUT2D eigenvalue weighted by molar-refractivity contribution is -0.129. The predicted octanol–water partition coefficient (Wildman–Crippen LogP) is 3.29. The van der Waals surface area contributed by atoms with Gasteiger partial charge in [-0.05, 0) is 30.4 Å². The Bertz CT molecular complexity index is 783. The number of anilines is 1. The van der Waals surface area contributed by atoms with Crippen LogP contribution >= 0.6 is 0 Å². The van der Waals surface area contributed by atoms with E-state index in [1.54, 1.807) is 13.1 Å². The molecule has 0 saturated heterocycles. The summed E-state index contributed by atoms with van der Waals surface area (Å²) in [6, 6.07) is 5.72. The standard InChI is InChI=1S/C20H27N5O/c1-14(26)25-12-8-15-17(13-25)23-19(16-7-5-6-10-21-16)24-18(15)22-11-9-20(2,3)4/h5-7,10H,8-9,11-13H2,1-4H3,(H,22,23,24). The first kappa shape index (κ1) is 18.3. The third-order valence-electron chi connectivity index (χ3n) is 4.57. The van der Waals surface area contributed by atoms with Gasteiger partial charge >= 0.3 is 0 Å². The molecule has 0 unspecified atom stereocenters. The molecule has 2 aromatic heterocycles. The van der Waals surface area contributed by atoms with Crippen LogP contribution in [0.25, 0.3) is 11.5 Å². The highest BCUT2D eigenvalue weighted by molar-refractivity contribution is 5.74. The number of fused-ring (bicyclic) bond motifs is 1. The van der Waals surface area contributed by atoms with Crippen LogP contribution in [0.5, 0.6) is 0 Å². The van der Waals surface area contributed by atoms with Crippen LogP contribution in [0.2, 0.25) is 0 Å². The van der Waals surface area contributed by atoms with E-state index in [1.165, 1.54) is 0 Å². The molecule has 3 heterocycles. The third kappa shape index (κ3) is 4.36. The molecule has 0 aliphatic carbocycles. The molecule has 138 valence electrons. The zero-order valence-electron chi connectivity index (χ0n) is 16.0. The van der Waals surface area contributed by atoms with E-state index in [0.29, 0.717) is 18.9 Å². The highest BCUT2D eigenvalue weighted by Gasteiger charge is 2.24. The van der Waals surface area contributed by atoms with Crippen molar-refractivity contribution in [3.8, 4) is 11.5 Å². The minimum atomic E-state index is 0.0795. The molecule has 0 spiro atoms. The average molecular weight is 353 g/mol.